The number of rotatable bonds is 4. The number of anilines is 1. The van der Waals surface area contributed by atoms with E-state index in [1.807, 2.05) is 32.9 Å². The smallest absolute Gasteiger partial charge is 0.130 e. The summed E-state index contributed by atoms with van der Waals surface area (Å²) < 4.78 is 0. The number of nitrogens with two attached hydrogens (primary N) is 1. The molecule has 1 aromatic heterocycles. The van der Waals surface area contributed by atoms with Crippen molar-refractivity contribution in [3.05, 3.63) is 36.2 Å². The Labute approximate surface area is 95.8 Å². The van der Waals surface area contributed by atoms with E-state index in [1.165, 1.54) is 0 Å². The molecule has 1 heterocycles. The lowest BCUT2D eigenvalue weighted by Crippen LogP contribution is -2.03. The molecular weight excluding hydrogens is 202 g/mol. The predicted molar refractivity (Wildman–Crippen MR) is 65.9 cm³/mol. The van der Waals surface area contributed by atoms with E-state index in [2.05, 4.69) is 16.7 Å². The van der Waals surface area contributed by atoms with Gasteiger partial charge in [0.25, 0.3) is 0 Å². The molecule has 2 N–H and O–H groups in total. The van der Waals surface area contributed by atoms with Gasteiger partial charge in [-0.05, 0) is 19.1 Å². The molecule has 86 valence electrons. The minimum Gasteiger partial charge on any atom is -0.384 e. The summed E-state index contributed by atoms with van der Waals surface area (Å²) in [5, 5.41) is 3.96. The Kier molecular flexibility index (Phi) is 4.05. The highest BCUT2D eigenvalue weighted by molar-refractivity contribution is 5.96. The standard InChI is InChI=1S/C12H17N3O/c1-8(2)10(4)16-15-9(3)11-6-5-7-12(13)14-11/h5-8H,4H2,1-3H3,(H2,13,14)/b15-9+. The Morgan fingerprint density at radius 2 is 2.19 bits per heavy atom. The molecule has 0 aliphatic carbocycles. The van der Waals surface area contributed by atoms with Gasteiger partial charge in [0, 0.05) is 5.92 Å². The molecule has 0 saturated heterocycles. The van der Waals surface area contributed by atoms with Crippen LogP contribution in [0.3, 0.4) is 0 Å². The van der Waals surface area contributed by atoms with Crippen LogP contribution in [0.25, 0.3) is 0 Å². The maximum atomic E-state index is 5.58. The number of nitrogen functional groups attached to an aromatic ring is 1. The van der Waals surface area contributed by atoms with Crippen molar-refractivity contribution in [1.29, 1.82) is 0 Å². The van der Waals surface area contributed by atoms with Crippen LogP contribution in [-0.4, -0.2) is 10.7 Å². The first-order chi connectivity index (χ1) is 7.50. The highest BCUT2D eigenvalue weighted by Crippen LogP contribution is 2.09. The molecule has 0 atom stereocenters. The van der Waals surface area contributed by atoms with Gasteiger partial charge in [-0.2, -0.15) is 0 Å². The van der Waals surface area contributed by atoms with Crippen LogP contribution in [-0.2, 0) is 4.84 Å². The van der Waals surface area contributed by atoms with Crippen LogP contribution in [0.1, 0.15) is 26.5 Å². The molecule has 0 fully saturated rings. The lowest BCUT2D eigenvalue weighted by atomic mass is 10.2. The van der Waals surface area contributed by atoms with Gasteiger partial charge in [-0.3, -0.25) is 0 Å². The highest BCUT2D eigenvalue weighted by atomic mass is 16.6. The van der Waals surface area contributed by atoms with Crippen molar-refractivity contribution < 1.29 is 4.84 Å². The van der Waals surface area contributed by atoms with Crippen LogP contribution in [0.15, 0.2) is 35.7 Å². The lowest BCUT2D eigenvalue weighted by Gasteiger charge is -2.07. The third kappa shape index (κ3) is 3.38. The van der Waals surface area contributed by atoms with Crippen LogP contribution in [0.2, 0.25) is 0 Å². The zero-order chi connectivity index (χ0) is 12.1. The van der Waals surface area contributed by atoms with E-state index >= 15 is 0 Å². The van der Waals surface area contributed by atoms with E-state index < -0.39 is 0 Å². The normalized spacial score (nSPS) is 11.6. The Morgan fingerprint density at radius 3 is 2.75 bits per heavy atom. The number of hydrogen-bond acceptors (Lipinski definition) is 4. The summed E-state index contributed by atoms with van der Waals surface area (Å²) >= 11 is 0. The second kappa shape index (κ2) is 5.30. The molecule has 16 heavy (non-hydrogen) atoms. The lowest BCUT2D eigenvalue weighted by molar-refractivity contribution is 0.199. The topological polar surface area (TPSA) is 60.5 Å². The van der Waals surface area contributed by atoms with Crippen LogP contribution >= 0.6 is 0 Å². The number of nitrogens with zero attached hydrogens (tertiary/aromatic N) is 2. The van der Waals surface area contributed by atoms with Gasteiger partial charge in [-0.1, -0.05) is 31.6 Å². The van der Waals surface area contributed by atoms with Gasteiger partial charge >= 0.3 is 0 Å². The first kappa shape index (κ1) is 12.2. The van der Waals surface area contributed by atoms with E-state index in [0.717, 1.165) is 0 Å². The molecule has 0 amide bonds. The summed E-state index contributed by atoms with van der Waals surface area (Å²) in [7, 11) is 0. The van der Waals surface area contributed by atoms with Crippen molar-refractivity contribution in [2.75, 3.05) is 5.73 Å². The number of allylic oxidation sites excluding steroid dienone is 1. The fourth-order valence-corrected chi connectivity index (χ4v) is 0.932. The van der Waals surface area contributed by atoms with Gasteiger partial charge in [-0.25, -0.2) is 4.98 Å². The Bertz CT molecular complexity index is 410. The van der Waals surface area contributed by atoms with Crippen molar-refractivity contribution in [3.8, 4) is 0 Å². The number of pyridine rings is 1. The van der Waals surface area contributed by atoms with Crippen molar-refractivity contribution in [2.24, 2.45) is 11.1 Å². The van der Waals surface area contributed by atoms with Gasteiger partial charge < -0.3 is 10.6 Å². The molecule has 4 nitrogen and oxygen atoms in total. The maximum Gasteiger partial charge on any atom is 0.130 e. The average Bonchev–Trinajstić information content (AvgIpc) is 2.25. The van der Waals surface area contributed by atoms with Crippen LogP contribution in [0.5, 0.6) is 0 Å². The fourth-order valence-electron chi connectivity index (χ4n) is 0.932. The third-order valence-electron chi connectivity index (χ3n) is 2.09. The summed E-state index contributed by atoms with van der Waals surface area (Å²) in [5.41, 5.74) is 6.96. The number of oxime groups is 1. The van der Waals surface area contributed by atoms with E-state index in [0.29, 0.717) is 23.0 Å². The second-order valence-corrected chi connectivity index (χ2v) is 3.84. The Balaban J connectivity index is 2.74. The van der Waals surface area contributed by atoms with Crippen molar-refractivity contribution in [2.45, 2.75) is 20.8 Å². The molecule has 0 aliphatic heterocycles. The summed E-state index contributed by atoms with van der Waals surface area (Å²) in [6.07, 6.45) is 0. The zero-order valence-corrected chi connectivity index (χ0v) is 9.90. The van der Waals surface area contributed by atoms with Gasteiger partial charge in [0.05, 0.1) is 5.69 Å². The van der Waals surface area contributed by atoms with E-state index in [1.54, 1.807) is 6.07 Å². The van der Waals surface area contributed by atoms with Crippen LogP contribution in [0.4, 0.5) is 5.82 Å². The van der Waals surface area contributed by atoms with Gasteiger partial charge in [-0.15, -0.1) is 0 Å². The number of hydrogen-bond donors (Lipinski definition) is 1. The van der Waals surface area contributed by atoms with E-state index in [9.17, 15) is 0 Å². The molecular formula is C12H17N3O. The molecule has 0 radical (unpaired) electrons. The van der Waals surface area contributed by atoms with Crippen LogP contribution in [0, 0.1) is 5.92 Å². The monoisotopic (exact) mass is 219 g/mol. The summed E-state index contributed by atoms with van der Waals surface area (Å²) in [5.74, 6) is 1.34. The van der Waals surface area contributed by atoms with E-state index in [-0.39, 0.29) is 5.92 Å². The van der Waals surface area contributed by atoms with Crippen molar-refractivity contribution in [3.63, 3.8) is 0 Å². The number of aromatic nitrogens is 1. The molecule has 1 aromatic rings. The van der Waals surface area contributed by atoms with Gasteiger partial charge in [0.2, 0.25) is 0 Å². The van der Waals surface area contributed by atoms with Crippen molar-refractivity contribution in [1.82, 2.24) is 4.98 Å². The molecule has 4 heteroatoms. The second-order valence-electron chi connectivity index (χ2n) is 3.84. The summed E-state index contributed by atoms with van der Waals surface area (Å²) in [6.45, 7) is 9.56. The Hall–Kier alpha value is -1.84. The first-order valence-corrected chi connectivity index (χ1v) is 5.14. The highest BCUT2D eigenvalue weighted by Gasteiger charge is 2.03. The SMILES string of the molecule is C=C(O/N=C(\C)c1cccc(N)n1)C(C)C. The zero-order valence-electron chi connectivity index (χ0n) is 9.90. The van der Waals surface area contributed by atoms with E-state index in [4.69, 9.17) is 10.6 Å². The molecule has 0 spiro atoms. The molecule has 0 aromatic carbocycles. The minimum absolute atomic E-state index is 0.241. The minimum atomic E-state index is 0.241. The molecule has 0 saturated carbocycles. The average molecular weight is 219 g/mol. The quantitative estimate of drug-likeness (QED) is 0.481. The van der Waals surface area contributed by atoms with Crippen LogP contribution < -0.4 is 5.73 Å². The summed E-state index contributed by atoms with van der Waals surface area (Å²) in [4.78, 5) is 9.31. The summed E-state index contributed by atoms with van der Waals surface area (Å²) in [6, 6.07) is 5.38. The third-order valence-corrected chi connectivity index (χ3v) is 2.09. The van der Waals surface area contributed by atoms with Crippen molar-refractivity contribution >= 4 is 11.5 Å². The largest absolute Gasteiger partial charge is 0.384 e. The molecule has 0 unspecified atom stereocenters. The van der Waals surface area contributed by atoms with Gasteiger partial charge in [0.1, 0.15) is 17.3 Å². The maximum absolute atomic E-state index is 5.58. The molecule has 0 aliphatic rings. The fraction of sp³-hybridized carbons (Fsp3) is 0.333. The molecule has 1 rings (SSSR count). The first-order valence-electron chi connectivity index (χ1n) is 5.14. The Morgan fingerprint density at radius 1 is 1.50 bits per heavy atom. The predicted octanol–water partition coefficient (Wildman–Crippen LogP) is 2.57. The van der Waals surface area contributed by atoms with Gasteiger partial charge in [0.15, 0.2) is 0 Å². The molecule has 0 bridgehead atoms.